The van der Waals surface area contributed by atoms with Crippen LogP contribution in [-0.2, 0) is 0 Å². The molecule has 1 aromatic heterocycles. The summed E-state index contributed by atoms with van der Waals surface area (Å²) in [4.78, 5) is 15.1. The van der Waals surface area contributed by atoms with Crippen LogP contribution in [0, 0.1) is 10.1 Å². The van der Waals surface area contributed by atoms with Gasteiger partial charge < -0.3 is 5.73 Å². The van der Waals surface area contributed by atoms with Gasteiger partial charge in [0.2, 0.25) is 0 Å². The van der Waals surface area contributed by atoms with Gasteiger partial charge in [-0.05, 0) is 34.1 Å². The van der Waals surface area contributed by atoms with E-state index in [0.717, 1.165) is 14.4 Å². The molecule has 0 saturated carbocycles. The molecule has 92 valence electrons. The summed E-state index contributed by atoms with van der Waals surface area (Å²) in [6, 6.07) is 8.08. The summed E-state index contributed by atoms with van der Waals surface area (Å²) in [6.45, 7) is 0. The van der Waals surface area contributed by atoms with Gasteiger partial charge in [0.1, 0.15) is 5.03 Å². The van der Waals surface area contributed by atoms with Crippen molar-refractivity contribution < 1.29 is 4.92 Å². The summed E-state index contributed by atoms with van der Waals surface area (Å²) in [6.07, 6.45) is 1.68. The third-order valence-corrected chi connectivity index (χ3v) is 4.15. The van der Waals surface area contributed by atoms with Crippen molar-refractivity contribution >= 4 is 39.1 Å². The molecule has 2 N–H and O–H groups in total. The fraction of sp³-hybridized carbons (Fsp3) is 0. The van der Waals surface area contributed by atoms with E-state index in [-0.39, 0.29) is 5.69 Å². The van der Waals surface area contributed by atoms with E-state index in [9.17, 15) is 10.1 Å². The predicted molar refractivity (Wildman–Crippen MR) is 73.6 cm³/mol. The molecule has 1 heterocycles. The molecule has 2 aromatic rings. The number of benzene rings is 1. The molecule has 0 spiro atoms. The van der Waals surface area contributed by atoms with Crippen molar-refractivity contribution in [1.29, 1.82) is 0 Å². The van der Waals surface area contributed by atoms with E-state index in [0.29, 0.717) is 5.69 Å². The highest BCUT2D eigenvalue weighted by molar-refractivity contribution is 9.10. The van der Waals surface area contributed by atoms with Gasteiger partial charge in [-0.25, -0.2) is 4.98 Å². The van der Waals surface area contributed by atoms with Crippen molar-refractivity contribution in [2.75, 3.05) is 5.73 Å². The number of nitrogens with zero attached hydrogens (tertiary/aromatic N) is 2. The van der Waals surface area contributed by atoms with E-state index < -0.39 is 4.92 Å². The number of rotatable bonds is 3. The van der Waals surface area contributed by atoms with Gasteiger partial charge in [-0.1, -0.05) is 11.8 Å². The minimum atomic E-state index is -0.471. The van der Waals surface area contributed by atoms with E-state index in [1.54, 1.807) is 12.3 Å². The van der Waals surface area contributed by atoms with Crippen molar-refractivity contribution in [3.8, 4) is 0 Å². The fourth-order valence-electron chi connectivity index (χ4n) is 1.29. The topological polar surface area (TPSA) is 82.0 Å². The van der Waals surface area contributed by atoms with Gasteiger partial charge in [-0.15, -0.1) is 0 Å². The first-order chi connectivity index (χ1) is 8.58. The number of nitro benzene ring substituents is 1. The van der Waals surface area contributed by atoms with E-state index in [1.807, 2.05) is 12.1 Å². The normalized spacial score (nSPS) is 10.3. The number of non-ortho nitro benzene ring substituents is 1. The van der Waals surface area contributed by atoms with Gasteiger partial charge in [-0.2, -0.15) is 0 Å². The number of nitrogen functional groups attached to an aromatic ring is 1. The molecule has 5 nitrogen and oxygen atoms in total. The zero-order chi connectivity index (χ0) is 13.1. The highest BCUT2D eigenvalue weighted by Crippen LogP contribution is 2.36. The average molecular weight is 326 g/mol. The Balaban J connectivity index is 2.30. The van der Waals surface area contributed by atoms with Crippen LogP contribution in [0.3, 0.4) is 0 Å². The van der Waals surface area contributed by atoms with Crippen molar-refractivity contribution in [2.24, 2.45) is 0 Å². The van der Waals surface area contributed by atoms with Crippen molar-refractivity contribution in [1.82, 2.24) is 4.98 Å². The maximum absolute atomic E-state index is 10.6. The first-order valence-corrected chi connectivity index (χ1v) is 6.51. The van der Waals surface area contributed by atoms with Gasteiger partial charge in [-0.3, -0.25) is 10.1 Å². The first-order valence-electron chi connectivity index (χ1n) is 4.90. The second kappa shape index (κ2) is 5.36. The molecule has 0 aliphatic heterocycles. The van der Waals surface area contributed by atoms with Crippen LogP contribution in [0.25, 0.3) is 0 Å². The Morgan fingerprint density at radius 3 is 2.78 bits per heavy atom. The third kappa shape index (κ3) is 2.80. The zero-order valence-corrected chi connectivity index (χ0v) is 11.4. The van der Waals surface area contributed by atoms with E-state index in [4.69, 9.17) is 5.73 Å². The molecule has 1 aromatic carbocycles. The molecule has 2 rings (SSSR count). The van der Waals surface area contributed by atoms with E-state index in [2.05, 4.69) is 20.9 Å². The molecular weight excluding hydrogens is 318 g/mol. The van der Waals surface area contributed by atoms with Crippen molar-refractivity contribution in [2.45, 2.75) is 9.92 Å². The second-order valence-corrected chi connectivity index (χ2v) is 5.26. The summed E-state index contributed by atoms with van der Waals surface area (Å²) in [5.74, 6) is 0. The Morgan fingerprint density at radius 2 is 2.17 bits per heavy atom. The first kappa shape index (κ1) is 12.8. The van der Waals surface area contributed by atoms with E-state index in [1.165, 1.54) is 23.9 Å². The summed E-state index contributed by atoms with van der Waals surface area (Å²) in [5.41, 5.74) is 6.14. The van der Waals surface area contributed by atoms with Gasteiger partial charge in [0.05, 0.1) is 15.1 Å². The molecule has 0 amide bonds. The number of hydrogen-bond donors (Lipinski definition) is 1. The third-order valence-electron chi connectivity index (χ3n) is 2.14. The lowest BCUT2D eigenvalue weighted by molar-refractivity contribution is -0.384. The maximum atomic E-state index is 10.6. The maximum Gasteiger partial charge on any atom is 0.271 e. The van der Waals surface area contributed by atoms with Crippen molar-refractivity contribution in [3.63, 3.8) is 0 Å². The summed E-state index contributed by atoms with van der Waals surface area (Å²) >= 11 is 4.74. The number of pyridine rings is 1. The molecule has 0 unspecified atom stereocenters. The van der Waals surface area contributed by atoms with Crippen LogP contribution in [-0.4, -0.2) is 9.91 Å². The highest BCUT2D eigenvalue weighted by Gasteiger charge is 2.11. The minimum Gasteiger partial charge on any atom is -0.398 e. The minimum absolute atomic E-state index is 0.0167. The molecule has 0 atom stereocenters. The molecule has 0 aliphatic carbocycles. The molecular formula is C11H8BrN3O2S. The average Bonchev–Trinajstić information content (AvgIpc) is 2.34. The number of aromatic nitrogens is 1. The number of nitro groups is 1. The molecule has 0 fully saturated rings. The number of hydrogen-bond acceptors (Lipinski definition) is 5. The second-order valence-electron chi connectivity index (χ2n) is 3.37. The van der Waals surface area contributed by atoms with Gasteiger partial charge >= 0.3 is 0 Å². The van der Waals surface area contributed by atoms with Gasteiger partial charge in [0, 0.05) is 23.2 Å². The molecule has 0 radical (unpaired) electrons. The van der Waals surface area contributed by atoms with Crippen LogP contribution in [0.15, 0.2) is 50.9 Å². The fourth-order valence-corrected chi connectivity index (χ4v) is 2.59. The molecule has 18 heavy (non-hydrogen) atoms. The Hall–Kier alpha value is -1.60. The lowest BCUT2D eigenvalue weighted by atomic mass is 10.3. The molecule has 0 bridgehead atoms. The quantitative estimate of drug-likeness (QED) is 0.530. The summed E-state index contributed by atoms with van der Waals surface area (Å²) < 4.78 is 0.854. The lowest BCUT2D eigenvalue weighted by Crippen LogP contribution is -1.93. The number of halogens is 1. The molecule has 0 saturated heterocycles. The van der Waals surface area contributed by atoms with Gasteiger partial charge in [0.25, 0.3) is 5.69 Å². The Labute approximate surface area is 116 Å². The van der Waals surface area contributed by atoms with Crippen LogP contribution in [0.5, 0.6) is 0 Å². The zero-order valence-electron chi connectivity index (χ0n) is 9.04. The largest absolute Gasteiger partial charge is 0.398 e. The Morgan fingerprint density at radius 1 is 1.39 bits per heavy atom. The number of anilines is 1. The van der Waals surface area contributed by atoms with Crippen LogP contribution in [0.4, 0.5) is 11.4 Å². The molecule has 0 aliphatic rings. The highest BCUT2D eigenvalue weighted by atomic mass is 79.9. The van der Waals surface area contributed by atoms with E-state index >= 15 is 0 Å². The molecule has 7 heteroatoms. The monoisotopic (exact) mass is 325 g/mol. The standard InChI is InChI=1S/C11H8BrN3O2S/c12-8-2-1-5-14-11(8)18-10-4-3-7(15(16)17)6-9(10)13/h1-6H,13H2. The van der Waals surface area contributed by atoms with Crippen LogP contribution >= 0.6 is 27.7 Å². The van der Waals surface area contributed by atoms with Gasteiger partial charge in [0.15, 0.2) is 0 Å². The predicted octanol–water partition coefficient (Wildman–Crippen LogP) is 3.49. The number of nitrogens with two attached hydrogens (primary N) is 1. The summed E-state index contributed by atoms with van der Waals surface area (Å²) in [7, 11) is 0. The lowest BCUT2D eigenvalue weighted by Gasteiger charge is -2.05. The van der Waals surface area contributed by atoms with Crippen molar-refractivity contribution in [3.05, 3.63) is 51.1 Å². The smallest absolute Gasteiger partial charge is 0.271 e. The van der Waals surface area contributed by atoms with Crippen LogP contribution < -0.4 is 5.73 Å². The summed E-state index contributed by atoms with van der Waals surface area (Å²) in [5, 5.41) is 11.4. The SMILES string of the molecule is Nc1cc([N+](=O)[O-])ccc1Sc1ncccc1Br. The Kier molecular flexibility index (Phi) is 3.83. The van der Waals surface area contributed by atoms with Crippen LogP contribution in [0.1, 0.15) is 0 Å². The van der Waals surface area contributed by atoms with Crippen LogP contribution in [0.2, 0.25) is 0 Å². The Bertz CT molecular complexity index is 607.